The zero-order chi connectivity index (χ0) is 11.5. The van der Waals surface area contributed by atoms with Gasteiger partial charge in [-0.2, -0.15) is 5.26 Å². The molecule has 2 unspecified atom stereocenters. The van der Waals surface area contributed by atoms with Crippen LogP contribution >= 0.6 is 0 Å². The molecule has 0 amide bonds. The summed E-state index contributed by atoms with van der Waals surface area (Å²) < 4.78 is 0. The zero-order valence-electron chi connectivity index (χ0n) is 9.46. The van der Waals surface area contributed by atoms with Gasteiger partial charge in [0.2, 0.25) is 0 Å². The number of allylic oxidation sites excluding steroid dienone is 4. The molecule has 0 saturated heterocycles. The molecule has 1 heterocycles. The number of hydrogen-bond acceptors (Lipinski definition) is 4. The van der Waals surface area contributed by atoms with Crippen molar-refractivity contribution in [1.82, 2.24) is 5.01 Å². The van der Waals surface area contributed by atoms with Crippen molar-refractivity contribution < 1.29 is 0 Å². The molecule has 4 heteroatoms. The van der Waals surface area contributed by atoms with Gasteiger partial charge in [0, 0.05) is 6.04 Å². The predicted octanol–water partition coefficient (Wildman–Crippen LogP) is 2.74. The minimum atomic E-state index is 0.0806. The van der Waals surface area contributed by atoms with Gasteiger partial charge in [0.25, 0.3) is 0 Å². The third-order valence-corrected chi connectivity index (χ3v) is 2.90. The molecular formula is C12H14N4. The van der Waals surface area contributed by atoms with Crippen LogP contribution in [0.4, 0.5) is 0 Å². The molecule has 82 valence electrons. The van der Waals surface area contributed by atoms with Gasteiger partial charge in [-0.05, 0) is 25.5 Å². The third-order valence-electron chi connectivity index (χ3n) is 2.90. The molecule has 0 fully saturated rings. The summed E-state index contributed by atoms with van der Waals surface area (Å²) in [6.45, 7) is 4.25. The van der Waals surface area contributed by atoms with Crippen molar-refractivity contribution in [2.45, 2.75) is 32.4 Å². The average molecular weight is 214 g/mol. The number of rotatable bonds is 2. The van der Waals surface area contributed by atoms with E-state index in [9.17, 15) is 0 Å². The zero-order valence-corrected chi connectivity index (χ0v) is 9.46. The lowest BCUT2D eigenvalue weighted by Crippen LogP contribution is -2.33. The highest BCUT2D eigenvalue weighted by Gasteiger charge is 2.28. The fraction of sp³-hybridized carbons (Fsp3) is 0.417. The van der Waals surface area contributed by atoms with Crippen molar-refractivity contribution in [3.8, 4) is 6.07 Å². The first-order chi connectivity index (χ1) is 7.76. The summed E-state index contributed by atoms with van der Waals surface area (Å²) in [6.07, 6.45) is 8.56. The highest BCUT2D eigenvalue weighted by atomic mass is 15.6. The smallest absolute Gasteiger partial charge is 0.111 e. The molecule has 0 bridgehead atoms. The van der Waals surface area contributed by atoms with Gasteiger partial charge in [-0.25, -0.2) is 0 Å². The Morgan fingerprint density at radius 3 is 3.12 bits per heavy atom. The number of fused-ring (bicyclic) bond motifs is 1. The van der Waals surface area contributed by atoms with Gasteiger partial charge in [-0.15, -0.1) is 5.11 Å². The fourth-order valence-corrected chi connectivity index (χ4v) is 1.75. The standard InChI is InChI=1S/C12H14N4/c1-3-9(2)16-12-6-4-5-10(8-13)7-11(12)14-15-16/h4-7,9,12H,3H2,1-2H3. The largest absolute Gasteiger partial charge is 0.263 e. The molecule has 2 rings (SSSR count). The normalized spacial score (nSPS) is 24.3. The van der Waals surface area contributed by atoms with Crippen LogP contribution in [0.2, 0.25) is 0 Å². The molecule has 2 atom stereocenters. The van der Waals surface area contributed by atoms with Crippen LogP contribution in [0.1, 0.15) is 20.3 Å². The van der Waals surface area contributed by atoms with Crippen LogP contribution in [0.25, 0.3) is 0 Å². The summed E-state index contributed by atoms with van der Waals surface area (Å²) in [5, 5.41) is 19.2. The van der Waals surface area contributed by atoms with Crippen molar-refractivity contribution in [2.75, 3.05) is 0 Å². The van der Waals surface area contributed by atoms with E-state index in [-0.39, 0.29) is 6.04 Å². The first kappa shape index (κ1) is 10.6. The SMILES string of the molecule is CCC(C)N1N=NC2=CC(C#N)=CC=CC21. The summed E-state index contributed by atoms with van der Waals surface area (Å²) in [5.74, 6) is 0. The number of nitriles is 1. The lowest BCUT2D eigenvalue weighted by atomic mass is 10.1. The molecule has 16 heavy (non-hydrogen) atoms. The lowest BCUT2D eigenvalue weighted by Gasteiger charge is -2.25. The summed E-state index contributed by atoms with van der Waals surface area (Å²) in [7, 11) is 0. The van der Waals surface area contributed by atoms with Crippen molar-refractivity contribution >= 4 is 0 Å². The lowest BCUT2D eigenvalue weighted by molar-refractivity contribution is 0.205. The molecule has 2 aliphatic rings. The number of hydrogen-bond donors (Lipinski definition) is 0. The van der Waals surface area contributed by atoms with Gasteiger partial charge in [-0.1, -0.05) is 24.3 Å². The van der Waals surface area contributed by atoms with E-state index < -0.39 is 0 Å². The Labute approximate surface area is 95.2 Å². The monoisotopic (exact) mass is 214 g/mol. The third kappa shape index (κ3) is 1.76. The van der Waals surface area contributed by atoms with E-state index >= 15 is 0 Å². The Balaban J connectivity index is 2.28. The molecule has 0 aromatic heterocycles. The summed E-state index contributed by atoms with van der Waals surface area (Å²) in [4.78, 5) is 0. The topological polar surface area (TPSA) is 51.8 Å². The van der Waals surface area contributed by atoms with Crippen molar-refractivity contribution in [3.63, 3.8) is 0 Å². The molecule has 0 radical (unpaired) electrons. The molecular weight excluding hydrogens is 200 g/mol. The highest BCUT2D eigenvalue weighted by molar-refractivity contribution is 5.43. The van der Waals surface area contributed by atoms with Gasteiger partial charge >= 0.3 is 0 Å². The van der Waals surface area contributed by atoms with E-state index in [1.807, 2.05) is 17.2 Å². The minimum Gasteiger partial charge on any atom is -0.263 e. The molecule has 1 aliphatic carbocycles. The second-order valence-corrected chi connectivity index (χ2v) is 3.96. The Hall–Kier alpha value is -1.89. The molecule has 0 saturated carbocycles. The van der Waals surface area contributed by atoms with E-state index in [2.05, 4.69) is 30.3 Å². The molecule has 1 aliphatic heterocycles. The van der Waals surface area contributed by atoms with Crippen LogP contribution < -0.4 is 0 Å². The highest BCUT2D eigenvalue weighted by Crippen LogP contribution is 2.28. The second kappa shape index (κ2) is 4.31. The summed E-state index contributed by atoms with van der Waals surface area (Å²) in [5.41, 5.74) is 1.47. The van der Waals surface area contributed by atoms with E-state index in [0.717, 1.165) is 12.1 Å². The first-order valence-corrected chi connectivity index (χ1v) is 5.46. The van der Waals surface area contributed by atoms with Gasteiger partial charge in [0.15, 0.2) is 0 Å². The van der Waals surface area contributed by atoms with Crippen molar-refractivity contribution in [1.29, 1.82) is 5.26 Å². The van der Waals surface area contributed by atoms with Crippen LogP contribution in [-0.4, -0.2) is 17.1 Å². The number of nitrogens with zero attached hydrogens (tertiary/aromatic N) is 4. The Kier molecular flexibility index (Phi) is 2.86. The van der Waals surface area contributed by atoms with Gasteiger partial charge in [-0.3, -0.25) is 5.01 Å². The molecule has 0 aromatic carbocycles. The quantitative estimate of drug-likeness (QED) is 0.709. The van der Waals surface area contributed by atoms with Crippen molar-refractivity contribution in [2.24, 2.45) is 10.3 Å². The second-order valence-electron chi connectivity index (χ2n) is 3.96. The Morgan fingerprint density at radius 2 is 2.44 bits per heavy atom. The molecule has 0 N–H and O–H groups in total. The average Bonchev–Trinajstić information content (AvgIpc) is 2.58. The summed E-state index contributed by atoms with van der Waals surface area (Å²) >= 11 is 0. The Morgan fingerprint density at radius 1 is 1.62 bits per heavy atom. The van der Waals surface area contributed by atoms with Crippen LogP contribution in [0.3, 0.4) is 0 Å². The summed E-state index contributed by atoms with van der Waals surface area (Å²) in [6, 6.07) is 2.56. The van der Waals surface area contributed by atoms with E-state index in [0.29, 0.717) is 11.6 Å². The fourth-order valence-electron chi connectivity index (χ4n) is 1.75. The van der Waals surface area contributed by atoms with Crippen LogP contribution in [0.5, 0.6) is 0 Å². The van der Waals surface area contributed by atoms with Crippen LogP contribution in [0, 0.1) is 11.3 Å². The van der Waals surface area contributed by atoms with E-state index in [1.54, 1.807) is 12.2 Å². The van der Waals surface area contributed by atoms with E-state index in [1.165, 1.54) is 0 Å². The molecule has 4 nitrogen and oxygen atoms in total. The maximum atomic E-state index is 8.87. The van der Waals surface area contributed by atoms with Gasteiger partial charge in [0.1, 0.15) is 6.04 Å². The van der Waals surface area contributed by atoms with Gasteiger partial charge < -0.3 is 0 Å². The van der Waals surface area contributed by atoms with Gasteiger partial charge in [0.05, 0.1) is 17.3 Å². The van der Waals surface area contributed by atoms with Crippen molar-refractivity contribution in [3.05, 3.63) is 35.6 Å². The Bertz CT molecular complexity index is 436. The minimum absolute atomic E-state index is 0.0806. The van der Waals surface area contributed by atoms with E-state index in [4.69, 9.17) is 5.26 Å². The predicted molar refractivity (Wildman–Crippen MR) is 61.2 cm³/mol. The van der Waals surface area contributed by atoms with Crippen LogP contribution in [-0.2, 0) is 0 Å². The van der Waals surface area contributed by atoms with Crippen LogP contribution in [0.15, 0.2) is 45.9 Å². The molecule has 0 spiro atoms. The maximum Gasteiger partial charge on any atom is 0.111 e. The first-order valence-electron chi connectivity index (χ1n) is 5.46. The maximum absolute atomic E-state index is 8.87. The molecule has 0 aromatic rings.